The molecule has 3 aromatic rings. The fraction of sp³-hybridized carbons (Fsp3) is 0.231. The third-order valence-corrected chi connectivity index (χ3v) is 6.42. The maximum atomic E-state index is 12.9. The Bertz CT molecular complexity index is 1300. The van der Waals surface area contributed by atoms with Crippen molar-refractivity contribution >= 4 is 35.0 Å². The Hall–Kier alpha value is -3.60. The molecule has 178 valence electrons. The van der Waals surface area contributed by atoms with Crippen molar-refractivity contribution in [2.45, 2.75) is 24.4 Å². The number of aromatic nitrogens is 2. The third-order valence-electron chi connectivity index (χ3n) is 5.76. The summed E-state index contributed by atoms with van der Waals surface area (Å²) in [5.74, 6) is -0.571. The second kappa shape index (κ2) is 10.8. The smallest absolute Gasteiger partial charge is 0.246 e. The summed E-state index contributed by atoms with van der Waals surface area (Å²) in [6.07, 6.45) is 6.85. The van der Waals surface area contributed by atoms with E-state index >= 15 is 0 Å². The van der Waals surface area contributed by atoms with Gasteiger partial charge in [-0.3, -0.25) is 9.59 Å². The predicted molar refractivity (Wildman–Crippen MR) is 134 cm³/mol. The minimum Gasteiger partial charge on any atom is -0.354 e. The molecule has 0 saturated heterocycles. The van der Waals surface area contributed by atoms with E-state index in [1.54, 1.807) is 36.8 Å². The molecule has 2 amide bonds. The molecule has 0 saturated carbocycles. The van der Waals surface area contributed by atoms with E-state index < -0.39 is 4.87 Å². The van der Waals surface area contributed by atoms with Gasteiger partial charge in [0.25, 0.3) is 0 Å². The molecule has 0 bridgehead atoms. The lowest BCUT2D eigenvalue weighted by Gasteiger charge is -2.33. The van der Waals surface area contributed by atoms with Crippen LogP contribution in [-0.2, 0) is 29.1 Å². The molecule has 1 aliphatic rings. The number of hydrogen-bond acceptors (Lipinski definition) is 4. The number of carbonyl (C=O) groups excluding carboxylic acids is 2. The van der Waals surface area contributed by atoms with Gasteiger partial charge in [-0.15, -0.1) is 11.6 Å². The maximum Gasteiger partial charge on any atom is 0.246 e. The van der Waals surface area contributed by atoms with E-state index in [4.69, 9.17) is 28.5 Å². The molecular weight excluding hydrogens is 485 g/mol. The Labute approximate surface area is 213 Å². The molecule has 9 heteroatoms. The number of alkyl halides is 1. The zero-order valence-electron chi connectivity index (χ0n) is 18.8. The van der Waals surface area contributed by atoms with E-state index in [9.17, 15) is 9.59 Å². The number of nitrogens with zero attached hydrogens (tertiary/aromatic N) is 4. The summed E-state index contributed by atoms with van der Waals surface area (Å²) in [5, 5.41) is 12.4. The highest BCUT2D eigenvalue weighted by molar-refractivity contribution is 6.37. The summed E-state index contributed by atoms with van der Waals surface area (Å²) < 4.78 is 2.00. The third kappa shape index (κ3) is 6.10. The molecule has 0 radical (unpaired) electrons. The fourth-order valence-corrected chi connectivity index (χ4v) is 4.37. The van der Waals surface area contributed by atoms with Crippen molar-refractivity contribution in [2.75, 3.05) is 13.1 Å². The van der Waals surface area contributed by atoms with Gasteiger partial charge in [0.15, 0.2) is 4.87 Å². The number of amides is 2. The lowest BCUT2D eigenvalue weighted by Crippen LogP contribution is -2.52. The second-order valence-electron chi connectivity index (χ2n) is 8.35. The molecule has 1 aromatic heterocycles. The van der Waals surface area contributed by atoms with E-state index in [1.807, 2.05) is 28.8 Å². The molecule has 1 N–H and O–H groups in total. The zero-order chi connectivity index (χ0) is 24.8. The molecule has 2 heterocycles. The van der Waals surface area contributed by atoms with Crippen LogP contribution in [-0.4, -0.2) is 44.2 Å². The van der Waals surface area contributed by atoms with E-state index in [-0.39, 0.29) is 18.4 Å². The number of nitriles is 1. The van der Waals surface area contributed by atoms with E-state index in [0.29, 0.717) is 36.6 Å². The van der Waals surface area contributed by atoms with Crippen molar-refractivity contribution in [2.24, 2.45) is 0 Å². The molecule has 0 aliphatic carbocycles. The number of rotatable bonds is 8. The first kappa shape index (κ1) is 24.5. The van der Waals surface area contributed by atoms with Gasteiger partial charge in [0, 0.05) is 49.0 Å². The number of imidazole rings is 1. The van der Waals surface area contributed by atoms with Gasteiger partial charge in [0.1, 0.15) is 0 Å². The number of hydrogen-bond donors (Lipinski definition) is 1. The van der Waals surface area contributed by atoms with Gasteiger partial charge < -0.3 is 14.8 Å². The van der Waals surface area contributed by atoms with Crippen LogP contribution in [0.1, 0.15) is 22.4 Å². The van der Waals surface area contributed by atoms with E-state index in [0.717, 1.165) is 16.8 Å². The van der Waals surface area contributed by atoms with Gasteiger partial charge in [-0.05, 0) is 41.5 Å². The largest absolute Gasteiger partial charge is 0.354 e. The molecule has 35 heavy (non-hydrogen) atoms. The van der Waals surface area contributed by atoms with E-state index in [1.165, 1.54) is 17.1 Å². The molecule has 4 rings (SSSR count). The first-order valence-electron chi connectivity index (χ1n) is 11.0. The Balaban J connectivity index is 1.34. The zero-order valence-corrected chi connectivity index (χ0v) is 20.3. The lowest BCUT2D eigenvalue weighted by molar-refractivity contribution is -0.129. The van der Waals surface area contributed by atoms with Crippen LogP contribution in [0.3, 0.4) is 0 Å². The lowest BCUT2D eigenvalue weighted by atomic mass is 10.0. The molecule has 1 aliphatic heterocycles. The summed E-state index contributed by atoms with van der Waals surface area (Å²) in [7, 11) is 0. The van der Waals surface area contributed by atoms with Crippen LogP contribution in [0.2, 0.25) is 5.02 Å². The molecule has 1 unspecified atom stereocenters. The summed E-state index contributed by atoms with van der Waals surface area (Å²) in [6, 6.07) is 16.7. The maximum absolute atomic E-state index is 12.9. The Kier molecular flexibility index (Phi) is 7.54. The molecular formula is C26H23Cl2N5O2. The standard InChI is InChI=1S/C26H23Cl2N5O2/c27-22-3-1-2-21(12-22)16-32-17-26(28,10-8-24(32)34)25(35)31-11-9-23-14-30-18-33(23)15-20-6-4-19(13-29)5-7-20/h1-8,10,12,14,18H,9,11,15-17H2,(H,31,35). The van der Waals surface area contributed by atoms with Crippen molar-refractivity contribution in [3.63, 3.8) is 0 Å². The van der Waals surface area contributed by atoms with Crippen LogP contribution in [0.5, 0.6) is 0 Å². The van der Waals surface area contributed by atoms with Gasteiger partial charge in [-0.1, -0.05) is 35.9 Å². The van der Waals surface area contributed by atoms with Crippen LogP contribution in [0.25, 0.3) is 0 Å². The average molecular weight is 508 g/mol. The topological polar surface area (TPSA) is 91.0 Å². The van der Waals surface area contributed by atoms with Crippen molar-refractivity contribution in [3.8, 4) is 6.07 Å². The molecule has 7 nitrogen and oxygen atoms in total. The summed E-state index contributed by atoms with van der Waals surface area (Å²) >= 11 is 12.7. The highest BCUT2D eigenvalue weighted by Crippen LogP contribution is 2.25. The van der Waals surface area contributed by atoms with Crippen molar-refractivity contribution < 1.29 is 9.59 Å². The van der Waals surface area contributed by atoms with Crippen molar-refractivity contribution in [1.82, 2.24) is 19.8 Å². The van der Waals surface area contributed by atoms with Crippen LogP contribution in [0.4, 0.5) is 0 Å². The Morgan fingerprint density at radius 2 is 1.97 bits per heavy atom. The first-order chi connectivity index (χ1) is 16.9. The number of halogens is 2. The summed E-state index contributed by atoms with van der Waals surface area (Å²) in [6.45, 7) is 1.33. The molecule has 2 aromatic carbocycles. The normalized spacial score (nSPS) is 17.3. The van der Waals surface area contributed by atoms with Gasteiger partial charge in [0.05, 0.1) is 24.5 Å². The highest BCUT2D eigenvalue weighted by atomic mass is 35.5. The van der Waals surface area contributed by atoms with Crippen molar-refractivity contribution in [1.29, 1.82) is 5.26 Å². The Morgan fingerprint density at radius 1 is 1.17 bits per heavy atom. The van der Waals surface area contributed by atoms with Crippen LogP contribution in [0, 0.1) is 11.3 Å². The van der Waals surface area contributed by atoms with E-state index in [2.05, 4.69) is 16.4 Å². The molecule has 1 atom stereocenters. The quantitative estimate of drug-likeness (QED) is 0.470. The van der Waals surface area contributed by atoms with Gasteiger partial charge >= 0.3 is 0 Å². The molecule has 0 fully saturated rings. The van der Waals surface area contributed by atoms with Crippen LogP contribution < -0.4 is 5.32 Å². The Morgan fingerprint density at radius 3 is 2.71 bits per heavy atom. The SMILES string of the molecule is N#Cc1ccc(Cn2cncc2CCNC(=O)C2(Cl)C=CC(=O)N(Cc3cccc(Cl)c3)C2)cc1. The predicted octanol–water partition coefficient (Wildman–Crippen LogP) is 3.69. The first-order valence-corrected chi connectivity index (χ1v) is 11.8. The van der Waals surface area contributed by atoms with Crippen LogP contribution in [0.15, 0.2) is 73.2 Å². The van der Waals surface area contributed by atoms with Crippen LogP contribution >= 0.6 is 23.2 Å². The fourth-order valence-electron chi connectivity index (χ4n) is 3.89. The van der Waals surface area contributed by atoms with Gasteiger partial charge in [-0.25, -0.2) is 4.98 Å². The number of nitrogens with one attached hydrogen (secondary N) is 1. The minimum absolute atomic E-state index is 0.0544. The summed E-state index contributed by atoms with van der Waals surface area (Å²) in [5.41, 5.74) is 3.47. The minimum atomic E-state index is -1.35. The second-order valence-corrected chi connectivity index (χ2v) is 9.46. The summed E-state index contributed by atoms with van der Waals surface area (Å²) in [4.78, 5) is 29.7. The highest BCUT2D eigenvalue weighted by Gasteiger charge is 2.39. The average Bonchev–Trinajstić information content (AvgIpc) is 3.28. The monoisotopic (exact) mass is 507 g/mol. The number of benzene rings is 2. The van der Waals surface area contributed by atoms with Gasteiger partial charge in [0.2, 0.25) is 11.8 Å². The molecule has 0 spiro atoms. The van der Waals surface area contributed by atoms with Crippen molar-refractivity contribution in [3.05, 3.63) is 101 Å². The van der Waals surface area contributed by atoms with Gasteiger partial charge in [-0.2, -0.15) is 5.26 Å². The number of carbonyl (C=O) groups is 2.